The van der Waals surface area contributed by atoms with Gasteiger partial charge in [0, 0.05) is 13.1 Å². The highest BCUT2D eigenvalue weighted by Crippen LogP contribution is 2.03. The average molecular weight is 258 g/mol. The molecule has 1 aromatic carbocycles. The SMILES string of the molecule is N#Cc1ccc(CNC(=O)C2CNC(=O)CN2)cc1. The number of piperazine rings is 1. The van der Waals surface area contributed by atoms with Gasteiger partial charge in [0.1, 0.15) is 6.04 Å². The first-order valence-corrected chi connectivity index (χ1v) is 5.96. The van der Waals surface area contributed by atoms with E-state index in [9.17, 15) is 9.59 Å². The first-order valence-electron chi connectivity index (χ1n) is 5.96. The van der Waals surface area contributed by atoms with E-state index in [4.69, 9.17) is 5.26 Å². The number of hydrogen-bond acceptors (Lipinski definition) is 4. The van der Waals surface area contributed by atoms with Gasteiger partial charge in [-0.2, -0.15) is 5.26 Å². The highest BCUT2D eigenvalue weighted by atomic mass is 16.2. The molecule has 0 aliphatic carbocycles. The van der Waals surface area contributed by atoms with Crippen LogP contribution >= 0.6 is 0 Å². The summed E-state index contributed by atoms with van der Waals surface area (Å²) in [4.78, 5) is 22.8. The Morgan fingerprint density at radius 3 is 2.74 bits per heavy atom. The molecule has 1 saturated heterocycles. The number of amides is 2. The monoisotopic (exact) mass is 258 g/mol. The van der Waals surface area contributed by atoms with Crippen LogP contribution < -0.4 is 16.0 Å². The number of carbonyl (C=O) groups is 2. The van der Waals surface area contributed by atoms with Gasteiger partial charge < -0.3 is 10.6 Å². The molecule has 0 spiro atoms. The van der Waals surface area contributed by atoms with Gasteiger partial charge in [-0.25, -0.2) is 0 Å². The largest absolute Gasteiger partial charge is 0.353 e. The summed E-state index contributed by atoms with van der Waals surface area (Å²) in [5, 5.41) is 16.9. The topological polar surface area (TPSA) is 94.0 Å². The molecule has 3 N–H and O–H groups in total. The van der Waals surface area contributed by atoms with E-state index in [-0.39, 0.29) is 18.4 Å². The Kier molecular flexibility index (Phi) is 4.11. The van der Waals surface area contributed by atoms with E-state index in [2.05, 4.69) is 16.0 Å². The standard InChI is InChI=1S/C13H14N4O2/c14-5-9-1-3-10(4-2-9)6-17-13(19)11-7-16-12(18)8-15-11/h1-4,11,15H,6-8H2,(H,16,18)(H,17,19). The number of rotatable bonds is 3. The van der Waals surface area contributed by atoms with Crippen LogP contribution in [0.5, 0.6) is 0 Å². The molecule has 98 valence electrons. The molecular weight excluding hydrogens is 244 g/mol. The molecule has 19 heavy (non-hydrogen) atoms. The van der Waals surface area contributed by atoms with Gasteiger partial charge >= 0.3 is 0 Å². The smallest absolute Gasteiger partial charge is 0.239 e. The summed E-state index contributed by atoms with van der Waals surface area (Å²) in [6, 6.07) is 8.66. The minimum atomic E-state index is -0.393. The summed E-state index contributed by atoms with van der Waals surface area (Å²) in [5.41, 5.74) is 1.51. The van der Waals surface area contributed by atoms with Gasteiger partial charge in [0.25, 0.3) is 0 Å². The van der Waals surface area contributed by atoms with Gasteiger partial charge in [0.2, 0.25) is 11.8 Å². The predicted molar refractivity (Wildman–Crippen MR) is 67.8 cm³/mol. The van der Waals surface area contributed by atoms with Crippen LogP contribution in [0.4, 0.5) is 0 Å². The van der Waals surface area contributed by atoms with Gasteiger partial charge in [-0.1, -0.05) is 12.1 Å². The van der Waals surface area contributed by atoms with E-state index in [0.717, 1.165) is 5.56 Å². The van der Waals surface area contributed by atoms with Crippen LogP contribution in [0.3, 0.4) is 0 Å². The van der Waals surface area contributed by atoms with Crippen LogP contribution in [-0.4, -0.2) is 30.9 Å². The van der Waals surface area contributed by atoms with Crippen LogP contribution in [0.15, 0.2) is 24.3 Å². The summed E-state index contributed by atoms with van der Waals surface area (Å²) < 4.78 is 0. The number of nitrogens with zero attached hydrogens (tertiary/aromatic N) is 1. The van der Waals surface area contributed by atoms with Crippen LogP contribution in [0.25, 0.3) is 0 Å². The van der Waals surface area contributed by atoms with Gasteiger partial charge in [-0.05, 0) is 17.7 Å². The summed E-state index contributed by atoms with van der Waals surface area (Å²) in [5.74, 6) is -0.250. The van der Waals surface area contributed by atoms with Gasteiger partial charge in [-0.3, -0.25) is 14.9 Å². The maximum absolute atomic E-state index is 11.8. The number of nitrogens with one attached hydrogen (secondary N) is 3. The van der Waals surface area contributed by atoms with E-state index < -0.39 is 6.04 Å². The zero-order chi connectivity index (χ0) is 13.7. The lowest BCUT2D eigenvalue weighted by Gasteiger charge is -2.23. The molecule has 2 amide bonds. The van der Waals surface area contributed by atoms with Crippen molar-refractivity contribution >= 4 is 11.8 Å². The molecule has 0 saturated carbocycles. The zero-order valence-electron chi connectivity index (χ0n) is 10.3. The lowest BCUT2D eigenvalue weighted by atomic mass is 10.1. The third-order valence-electron chi connectivity index (χ3n) is 2.88. The second kappa shape index (κ2) is 5.98. The molecule has 0 aromatic heterocycles. The summed E-state index contributed by atoms with van der Waals surface area (Å²) in [6.45, 7) is 0.865. The van der Waals surface area contributed by atoms with Crippen LogP contribution in [0, 0.1) is 11.3 Å². The molecule has 1 fully saturated rings. The highest BCUT2D eigenvalue weighted by molar-refractivity contribution is 5.86. The van der Waals surface area contributed by atoms with E-state index >= 15 is 0 Å². The minimum absolute atomic E-state index is 0.101. The molecule has 6 heteroatoms. The van der Waals surface area contributed by atoms with Crippen molar-refractivity contribution in [3.8, 4) is 6.07 Å². The minimum Gasteiger partial charge on any atom is -0.353 e. The molecule has 1 aliphatic heterocycles. The third kappa shape index (κ3) is 3.53. The normalized spacial score (nSPS) is 18.3. The number of carbonyl (C=O) groups excluding carboxylic acids is 2. The van der Waals surface area contributed by atoms with E-state index in [1.54, 1.807) is 24.3 Å². The molecule has 1 aromatic rings. The lowest BCUT2D eigenvalue weighted by molar-refractivity contribution is -0.126. The lowest BCUT2D eigenvalue weighted by Crippen LogP contribution is -2.57. The first-order chi connectivity index (χ1) is 9.19. The van der Waals surface area contributed by atoms with Gasteiger partial charge in [0.15, 0.2) is 0 Å². The Morgan fingerprint density at radius 2 is 2.16 bits per heavy atom. The number of benzene rings is 1. The molecule has 0 bridgehead atoms. The summed E-state index contributed by atoms with van der Waals surface area (Å²) in [7, 11) is 0. The van der Waals surface area contributed by atoms with Crippen molar-refractivity contribution in [1.82, 2.24) is 16.0 Å². The quantitative estimate of drug-likeness (QED) is 0.665. The summed E-state index contributed by atoms with van der Waals surface area (Å²) >= 11 is 0. The molecule has 1 aliphatic rings. The molecule has 6 nitrogen and oxygen atoms in total. The Balaban J connectivity index is 1.83. The van der Waals surface area contributed by atoms with Crippen LogP contribution in [0.2, 0.25) is 0 Å². The third-order valence-corrected chi connectivity index (χ3v) is 2.88. The molecule has 2 rings (SSSR count). The van der Waals surface area contributed by atoms with Gasteiger partial charge in [0.05, 0.1) is 18.2 Å². The Labute approximate surface area is 110 Å². The average Bonchev–Trinajstić information content (AvgIpc) is 2.46. The molecule has 1 heterocycles. The maximum atomic E-state index is 11.8. The van der Waals surface area contributed by atoms with Crippen molar-refractivity contribution in [2.24, 2.45) is 0 Å². The second-order valence-corrected chi connectivity index (χ2v) is 4.26. The van der Waals surface area contributed by atoms with Crippen molar-refractivity contribution < 1.29 is 9.59 Å². The number of nitriles is 1. The van der Waals surface area contributed by atoms with Gasteiger partial charge in [-0.15, -0.1) is 0 Å². The first kappa shape index (κ1) is 13.1. The van der Waals surface area contributed by atoms with Crippen molar-refractivity contribution in [1.29, 1.82) is 5.26 Å². The molecule has 0 radical (unpaired) electrons. The fraction of sp³-hybridized carbons (Fsp3) is 0.308. The zero-order valence-corrected chi connectivity index (χ0v) is 10.3. The molecular formula is C13H14N4O2. The fourth-order valence-electron chi connectivity index (χ4n) is 1.76. The van der Waals surface area contributed by atoms with Crippen molar-refractivity contribution in [2.45, 2.75) is 12.6 Å². The van der Waals surface area contributed by atoms with Crippen LogP contribution in [0.1, 0.15) is 11.1 Å². The molecule has 1 atom stereocenters. The molecule has 1 unspecified atom stereocenters. The van der Waals surface area contributed by atoms with E-state index in [1.165, 1.54) is 0 Å². The Morgan fingerprint density at radius 1 is 1.42 bits per heavy atom. The van der Waals surface area contributed by atoms with Crippen molar-refractivity contribution in [2.75, 3.05) is 13.1 Å². The fourth-order valence-corrected chi connectivity index (χ4v) is 1.76. The summed E-state index contributed by atoms with van der Waals surface area (Å²) in [6.07, 6.45) is 0. The number of hydrogen-bond donors (Lipinski definition) is 3. The van der Waals surface area contributed by atoms with Crippen LogP contribution in [-0.2, 0) is 16.1 Å². The predicted octanol–water partition coefficient (Wildman–Crippen LogP) is -0.738. The van der Waals surface area contributed by atoms with E-state index in [0.29, 0.717) is 18.7 Å². The Bertz CT molecular complexity index is 508. The maximum Gasteiger partial charge on any atom is 0.239 e. The highest BCUT2D eigenvalue weighted by Gasteiger charge is 2.23. The Hall–Kier alpha value is -2.39. The van der Waals surface area contributed by atoms with Crippen molar-refractivity contribution in [3.05, 3.63) is 35.4 Å². The van der Waals surface area contributed by atoms with Crippen molar-refractivity contribution in [3.63, 3.8) is 0 Å². The second-order valence-electron chi connectivity index (χ2n) is 4.26. The van der Waals surface area contributed by atoms with E-state index in [1.807, 2.05) is 6.07 Å².